The van der Waals surface area contributed by atoms with Gasteiger partial charge in [0, 0.05) is 59.4 Å². The Morgan fingerprint density at radius 3 is 2.59 bits per heavy atom. The van der Waals surface area contributed by atoms with E-state index in [9.17, 15) is 14.7 Å². The maximum atomic E-state index is 12.6. The minimum absolute atomic E-state index is 0.0555. The normalized spacial score (nSPS) is 13.1. The lowest BCUT2D eigenvalue weighted by atomic mass is 9.97. The van der Waals surface area contributed by atoms with Gasteiger partial charge in [-0.3, -0.25) is 14.6 Å². The molecule has 3 aromatic rings. The molecule has 0 radical (unpaired) electrons. The molecule has 0 aliphatic carbocycles. The summed E-state index contributed by atoms with van der Waals surface area (Å²) < 4.78 is 1.74. The highest BCUT2D eigenvalue weighted by Crippen LogP contribution is 2.32. The number of nitrogens with one attached hydrogen (secondary N) is 1. The van der Waals surface area contributed by atoms with Crippen LogP contribution in [0.3, 0.4) is 0 Å². The van der Waals surface area contributed by atoms with Gasteiger partial charge in [-0.15, -0.1) is 0 Å². The Hall–Kier alpha value is -2.96. The molecule has 0 aliphatic rings. The van der Waals surface area contributed by atoms with Crippen LogP contribution in [-0.2, 0) is 4.79 Å². The number of aromatic nitrogens is 2. The minimum Gasteiger partial charge on any atom is -0.481 e. The van der Waals surface area contributed by atoms with E-state index in [-0.39, 0.29) is 18.0 Å². The molecule has 0 fully saturated rings. The maximum absolute atomic E-state index is 12.6. The van der Waals surface area contributed by atoms with E-state index in [0.29, 0.717) is 17.5 Å². The Morgan fingerprint density at radius 2 is 1.94 bits per heavy atom. The van der Waals surface area contributed by atoms with Gasteiger partial charge in [-0.2, -0.15) is 0 Å². The van der Waals surface area contributed by atoms with Crippen LogP contribution in [0, 0.1) is 19.8 Å². The molecular formula is C27H32ClN3O3. The molecule has 2 N–H and O–H groups in total. The number of rotatable bonds is 10. The average molecular weight is 482 g/mol. The molecule has 180 valence electrons. The van der Waals surface area contributed by atoms with Crippen molar-refractivity contribution in [3.05, 3.63) is 87.1 Å². The van der Waals surface area contributed by atoms with Crippen LogP contribution < -0.4 is 10.9 Å². The van der Waals surface area contributed by atoms with Crippen LogP contribution in [0.5, 0.6) is 0 Å². The number of pyridine rings is 2. The van der Waals surface area contributed by atoms with Gasteiger partial charge in [-0.1, -0.05) is 37.6 Å². The van der Waals surface area contributed by atoms with Crippen molar-refractivity contribution in [2.24, 2.45) is 5.92 Å². The molecule has 1 aromatic carbocycles. The van der Waals surface area contributed by atoms with Gasteiger partial charge in [0.15, 0.2) is 0 Å². The molecule has 6 nitrogen and oxygen atoms in total. The smallest absolute Gasteiger partial charge is 0.305 e. The van der Waals surface area contributed by atoms with Gasteiger partial charge in [0.2, 0.25) is 0 Å². The molecule has 2 atom stereocenters. The van der Waals surface area contributed by atoms with Gasteiger partial charge < -0.3 is 15.0 Å². The van der Waals surface area contributed by atoms with Crippen LogP contribution in [0.2, 0.25) is 5.02 Å². The van der Waals surface area contributed by atoms with Gasteiger partial charge >= 0.3 is 5.97 Å². The highest BCUT2D eigenvalue weighted by molar-refractivity contribution is 6.33. The summed E-state index contributed by atoms with van der Waals surface area (Å²) in [5, 5.41) is 13.6. The fourth-order valence-electron chi connectivity index (χ4n) is 4.27. The zero-order valence-electron chi connectivity index (χ0n) is 20.1. The molecule has 0 aliphatic heterocycles. The van der Waals surface area contributed by atoms with Gasteiger partial charge in [-0.05, 0) is 61.1 Å². The number of benzene rings is 1. The Kier molecular flexibility index (Phi) is 8.64. The lowest BCUT2D eigenvalue weighted by molar-refractivity contribution is -0.137. The Bertz CT molecular complexity index is 1190. The predicted octanol–water partition coefficient (Wildman–Crippen LogP) is 5.57. The van der Waals surface area contributed by atoms with E-state index in [4.69, 9.17) is 11.6 Å². The van der Waals surface area contributed by atoms with Gasteiger partial charge in [0.25, 0.3) is 5.56 Å². The third-order valence-electron chi connectivity index (χ3n) is 5.89. The monoisotopic (exact) mass is 481 g/mol. The molecule has 0 saturated carbocycles. The fraction of sp³-hybridized carbons (Fsp3) is 0.370. The number of carboxylic acid groups (broad SMARTS) is 1. The minimum atomic E-state index is -0.912. The second-order valence-electron chi connectivity index (χ2n) is 9.23. The molecular weight excluding hydrogens is 450 g/mol. The van der Waals surface area contributed by atoms with E-state index >= 15 is 0 Å². The molecule has 2 heterocycles. The summed E-state index contributed by atoms with van der Waals surface area (Å²) >= 11 is 6.46. The maximum Gasteiger partial charge on any atom is 0.305 e. The summed E-state index contributed by atoms with van der Waals surface area (Å²) in [7, 11) is 0. The molecule has 2 aromatic heterocycles. The third-order valence-corrected chi connectivity index (χ3v) is 6.21. The zero-order chi connectivity index (χ0) is 24.8. The quantitative estimate of drug-likeness (QED) is 0.395. The molecule has 7 heteroatoms. The average Bonchev–Trinajstić information content (AvgIpc) is 2.75. The summed E-state index contributed by atoms with van der Waals surface area (Å²) in [6.45, 7) is 8.55. The molecule has 0 saturated heterocycles. The van der Waals surface area contributed by atoms with Crippen molar-refractivity contribution in [2.75, 3.05) is 6.54 Å². The summed E-state index contributed by atoms with van der Waals surface area (Å²) in [6, 6.07) is 10.6. The van der Waals surface area contributed by atoms with Gasteiger partial charge in [0.05, 0.1) is 6.42 Å². The molecule has 0 spiro atoms. The van der Waals surface area contributed by atoms with Crippen molar-refractivity contribution in [2.45, 2.75) is 52.6 Å². The van der Waals surface area contributed by atoms with Crippen molar-refractivity contribution in [1.29, 1.82) is 0 Å². The Labute approximate surface area is 205 Å². The van der Waals surface area contributed by atoms with Crippen molar-refractivity contribution in [3.63, 3.8) is 0 Å². The number of aryl methyl sites for hydroxylation is 2. The van der Waals surface area contributed by atoms with E-state index in [2.05, 4.69) is 24.1 Å². The number of halogens is 1. The largest absolute Gasteiger partial charge is 0.481 e. The van der Waals surface area contributed by atoms with E-state index < -0.39 is 12.0 Å². The van der Waals surface area contributed by atoms with Crippen LogP contribution in [0.25, 0.3) is 11.1 Å². The summed E-state index contributed by atoms with van der Waals surface area (Å²) in [6.07, 6.45) is 5.92. The molecule has 0 amide bonds. The van der Waals surface area contributed by atoms with Crippen LogP contribution in [0.15, 0.2) is 59.8 Å². The van der Waals surface area contributed by atoms with Crippen LogP contribution >= 0.6 is 11.6 Å². The zero-order valence-corrected chi connectivity index (χ0v) is 20.8. The van der Waals surface area contributed by atoms with Gasteiger partial charge in [-0.25, -0.2) is 0 Å². The summed E-state index contributed by atoms with van der Waals surface area (Å²) in [5.41, 5.74) is 4.37. The summed E-state index contributed by atoms with van der Waals surface area (Å²) in [4.78, 5) is 28.7. The standard InChI is InChI=1S/C27H32ClN3O3/c1-17(2)10-22(31-9-8-18(3)11-25(31)32)16-30-24(13-26(33)34)20-12-21(15-29-14-20)27-19(4)6-5-7-23(27)28/h5-9,11-12,14-15,17,22,24,30H,10,13,16H2,1-4H3,(H,33,34)/t22?,24-/m0/s1. The van der Waals surface area contributed by atoms with E-state index in [1.807, 2.05) is 50.4 Å². The van der Waals surface area contributed by atoms with Crippen LogP contribution in [0.1, 0.15) is 55.5 Å². The van der Waals surface area contributed by atoms with Gasteiger partial charge in [0.1, 0.15) is 0 Å². The predicted molar refractivity (Wildman–Crippen MR) is 136 cm³/mol. The number of carboxylic acids is 1. The highest BCUT2D eigenvalue weighted by Gasteiger charge is 2.21. The Morgan fingerprint density at radius 1 is 1.18 bits per heavy atom. The van der Waals surface area contributed by atoms with Crippen molar-refractivity contribution in [3.8, 4) is 11.1 Å². The first-order valence-electron chi connectivity index (χ1n) is 11.5. The topological polar surface area (TPSA) is 84.2 Å². The van der Waals surface area contributed by atoms with E-state index in [0.717, 1.165) is 34.2 Å². The SMILES string of the molecule is Cc1ccn(C(CN[C@@H](CC(=O)O)c2cncc(-c3c(C)cccc3Cl)c2)CC(C)C)c(=O)c1. The van der Waals surface area contributed by atoms with Crippen molar-refractivity contribution >= 4 is 17.6 Å². The van der Waals surface area contributed by atoms with Crippen molar-refractivity contribution in [1.82, 2.24) is 14.9 Å². The number of aliphatic carboxylic acids is 1. The highest BCUT2D eigenvalue weighted by atomic mass is 35.5. The van der Waals surface area contributed by atoms with Crippen molar-refractivity contribution < 1.29 is 9.90 Å². The summed E-state index contributed by atoms with van der Waals surface area (Å²) in [5.74, 6) is -0.546. The second-order valence-corrected chi connectivity index (χ2v) is 9.64. The number of hydrogen-bond acceptors (Lipinski definition) is 4. The lowest BCUT2D eigenvalue weighted by Crippen LogP contribution is -2.35. The van der Waals surface area contributed by atoms with Crippen LogP contribution in [0.4, 0.5) is 0 Å². The first-order chi connectivity index (χ1) is 16.2. The number of nitrogens with zero attached hydrogens (tertiary/aromatic N) is 2. The molecule has 1 unspecified atom stereocenters. The first-order valence-corrected chi connectivity index (χ1v) is 11.9. The second kappa shape index (κ2) is 11.4. The van der Waals surface area contributed by atoms with Crippen LogP contribution in [-0.4, -0.2) is 27.2 Å². The Balaban J connectivity index is 1.91. The number of hydrogen-bond donors (Lipinski definition) is 2. The fourth-order valence-corrected chi connectivity index (χ4v) is 4.60. The van der Waals surface area contributed by atoms with E-state index in [1.54, 1.807) is 23.0 Å². The third kappa shape index (κ3) is 6.55. The molecule has 34 heavy (non-hydrogen) atoms. The van der Waals surface area contributed by atoms with E-state index in [1.165, 1.54) is 0 Å². The lowest BCUT2D eigenvalue weighted by Gasteiger charge is -2.26. The molecule has 0 bridgehead atoms. The number of carbonyl (C=O) groups is 1. The molecule has 3 rings (SSSR count). The first kappa shape index (κ1) is 25.7.